The van der Waals surface area contributed by atoms with Crippen LogP contribution in [0.15, 0.2) is 11.6 Å². The van der Waals surface area contributed by atoms with Crippen molar-refractivity contribution in [3.8, 4) is 0 Å². The summed E-state index contributed by atoms with van der Waals surface area (Å²) in [5, 5.41) is 79.5. The second-order valence-electron chi connectivity index (χ2n) is 22.5. The van der Waals surface area contributed by atoms with Crippen molar-refractivity contribution >= 4 is 17.5 Å². The van der Waals surface area contributed by atoms with Gasteiger partial charge in [-0.05, 0) is 112 Å². The third-order valence-corrected chi connectivity index (χ3v) is 18.8. The van der Waals surface area contributed by atoms with E-state index in [0.717, 1.165) is 51.6 Å². The van der Waals surface area contributed by atoms with Crippen LogP contribution in [0.25, 0.3) is 0 Å². The number of carbonyl (C=O) groups is 1. The molecule has 18 heteroatoms. The predicted molar refractivity (Wildman–Crippen MR) is 239 cm³/mol. The molecular formula is C49H78ClNO16. The minimum atomic E-state index is -1.73. The van der Waals surface area contributed by atoms with Crippen LogP contribution in [0.4, 0.5) is 0 Å². The van der Waals surface area contributed by atoms with Crippen LogP contribution in [0, 0.1) is 46.3 Å². The van der Waals surface area contributed by atoms with Crippen molar-refractivity contribution < 1.29 is 78.4 Å². The molecule has 17 nitrogen and oxygen atoms in total. The molecule has 9 rings (SSSR count). The van der Waals surface area contributed by atoms with Gasteiger partial charge >= 0.3 is 0 Å². The van der Waals surface area contributed by atoms with Gasteiger partial charge in [0.05, 0.1) is 31.0 Å². The zero-order valence-corrected chi connectivity index (χ0v) is 40.7. The maximum Gasteiger partial charge on any atom is 0.220 e. The fourth-order valence-electron chi connectivity index (χ4n) is 14.5. The Kier molecular flexibility index (Phi) is 15.0. The highest BCUT2D eigenvalue weighted by molar-refractivity contribution is 6.17. The summed E-state index contributed by atoms with van der Waals surface area (Å²) in [6, 6.07) is 0. The number of halogens is 1. The number of carbonyl (C=O) groups excluding carboxylic acids is 1. The van der Waals surface area contributed by atoms with Gasteiger partial charge in [-0.15, -0.1) is 11.6 Å². The molecule has 0 radical (unpaired) electrons. The van der Waals surface area contributed by atoms with Crippen LogP contribution >= 0.6 is 11.6 Å². The number of alkyl halides is 1. The molecule has 67 heavy (non-hydrogen) atoms. The molecule has 8 N–H and O–H groups in total. The lowest BCUT2D eigenvalue weighted by molar-refractivity contribution is -0.386. The predicted octanol–water partition coefficient (Wildman–Crippen LogP) is 2.38. The van der Waals surface area contributed by atoms with Crippen molar-refractivity contribution in [3.05, 3.63) is 11.6 Å². The van der Waals surface area contributed by atoms with Crippen LogP contribution in [-0.4, -0.2) is 171 Å². The topological polar surface area (TPSA) is 245 Å². The molecule has 26 atom stereocenters. The van der Waals surface area contributed by atoms with E-state index in [9.17, 15) is 40.5 Å². The number of allylic oxidation sites excluding steroid dienone is 1. The zero-order valence-electron chi connectivity index (χ0n) is 39.9. The molecule has 5 heterocycles. The monoisotopic (exact) mass is 972 g/mol. The van der Waals surface area contributed by atoms with Gasteiger partial charge in [-0.3, -0.25) is 4.79 Å². The number of hydrogen-bond acceptors (Lipinski definition) is 16. The Hall–Kier alpha value is -1.10. The Morgan fingerprint density at radius 2 is 1.45 bits per heavy atom. The average Bonchev–Trinajstić information content (AvgIpc) is 3.75. The molecule has 0 aromatic carbocycles. The SMILES string of the molecule is C[C@@H]1CC[C@@]2(OC1)O[C@H]1C[C@H]3[C@@H]4CC=C5C[C@@H](O[C@@H]6O[C@H](CNC(=O)CCCCl)[C@@H](O[C@H]7O[C@H](C)[C@@H](O)[C@H](O)[C@@H]7O)[C@H](O)[C@H]6O[C@H]6O[C@H](C)[C@@H](O)[C@H](O)[C@@H]6O)CC[C@]5(C)[C@H]4CC[C@]3(C)[C@H]1[C@@H]2C. The number of aliphatic hydroxyl groups excluding tert-OH is 7. The summed E-state index contributed by atoms with van der Waals surface area (Å²) >= 11 is 5.86. The van der Waals surface area contributed by atoms with E-state index in [0.29, 0.717) is 54.8 Å². The molecule has 1 amide bonds. The molecular weight excluding hydrogens is 894 g/mol. The third-order valence-electron chi connectivity index (χ3n) is 18.5. The van der Waals surface area contributed by atoms with Crippen molar-refractivity contribution in [3.63, 3.8) is 0 Å². The Labute approximate surface area is 399 Å². The van der Waals surface area contributed by atoms with Gasteiger partial charge in [0.25, 0.3) is 0 Å². The van der Waals surface area contributed by atoms with Crippen LogP contribution < -0.4 is 5.32 Å². The molecule has 0 bridgehead atoms. The number of fused-ring (bicyclic) bond motifs is 7. The van der Waals surface area contributed by atoms with Crippen molar-refractivity contribution in [2.45, 2.75) is 222 Å². The standard InChI is InChI=1S/C49H78ClNO16/c1-22-11-16-49(60-21-22)23(2)34-31(67-49)19-30-28-10-9-26-18-27(12-14-47(26,5)29(28)13-15-48(30,34)6)63-46-43(66-45-40(58)38(56)36(54)25(4)62-45)41(59)42(32(64-46)20-51-33(52)8-7-17-50)65-44-39(57)37(55)35(53)24(3)61-44/h9,22-25,27-32,34-46,53-59H,7-8,10-21H2,1-6H3,(H,51,52)/t22-,23+,24-,25-,27+,28-,29+,30+,31+,32-,34+,35-,36-,37+,38+,39+,40+,41+,42-,43-,44-,45-,46-,47+,48+,49-/m1/s1. The van der Waals surface area contributed by atoms with Crippen LogP contribution in [-0.2, 0) is 42.7 Å². The summed E-state index contributed by atoms with van der Waals surface area (Å²) < 4.78 is 51.2. The number of hydrogen-bond donors (Lipinski definition) is 8. The van der Waals surface area contributed by atoms with Crippen LogP contribution in [0.2, 0.25) is 0 Å². The molecule has 4 aliphatic carbocycles. The molecule has 382 valence electrons. The van der Waals surface area contributed by atoms with Gasteiger partial charge in [-0.2, -0.15) is 0 Å². The highest BCUT2D eigenvalue weighted by Gasteiger charge is 2.69. The summed E-state index contributed by atoms with van der Waals surface area (Å²) in [6.45, 7) is 13.2. The van der Waals surface area contributed by atoms with E-state index in [1.807, 2.05) is 0 Å². The largest absolute Gasteiger partial charge is 0.388 e. The van der Waals surface area contributed by atoms with Gasteiger partial charge < -0.3 is 79.0 Å². The van der Waals surface area contributed by atoms with Crippen molar-refractivity contribution in [2.24, 2.45) is 46.3 Å². The van der Waals surface area contributed by atoms with Crippen molar-refractivity contribution in [1.82, 2.24) is 5.32 Å². The van der Waals surface area contributed by atoms with Gasteiger partial charge in [-0.1, -0.05) is 39.3 Å². The van der Waals surface area contributed by atoms with Crippen LogP contribution in [0.5, 0.6) is 0 Å². The van der Waals surface area contributed by atoms with E-state index in [-0.39, 0.29) is 47.8 Å². The molecule has 0 aromatic heterocycles. The molecule has 0 unspecified atom stereocenters. The van der Waals surface area contributed by atoms with Gasteiger partial charge in [0.15, 0.2) is 24.7 Å². The van der Waals surface area contributed by atoms with Crippen LogP contribution in [0.3, 0.4) is 0 Å². The summed E-state index contributed by atoms with van der Waals surface area (Å²) in [5.41, 5.74) is 1.48. The quantitative estimate of drug-likeness (QED) is 0.110. The third kappa shape index (κ3) is 9.11. The van der Waals surface area contributed by atoms with E-state index >= 15 is 0 Å². The van der Waals surface area contributed by atoms with Gasteiger partial charge in [0, 0.05) is 31.2 Å². The van der Waals surface area contributed by atoms with E-state index in [1.54, 1.807) is 0 Å². The summed E-state index contributed by atoms with van der Waals surface area (Å²) in [7, 11) is 0. The number of ether oxygens (including phenoxy) is 8. The highest BCUT2D eigenvalue weighted by atomic mass is 35.5. The second-order valence-corrected chi connectivity index (χ2v) is 22.9. The highest BCUT2D eigenvalue weighted by Crippen LogP contribution is 2.70. The first-order chi connectivity index (χ1) is 31.8. The van der Waals surface area contributed by atoms with Crippen LogP contribution in [0.1, 0.15) is 112 Å². The lowest BCUT2D eigenvalue weighted by Crippen LogP contribution is -2.67. The number of amides is 1. The second kappa shape index (κ2) is 19.7. The van der Waals surface area contributed by atoms with Gasteiger partial charge in [-0.25, -0.2) is 0 Å². The number of nitrogens with one attached hydrogen (secondary N) is 1. The number of rotatable bonds is 11. The zero-order chi connectivity index (χ0) is 47.9. The lowest BCUT2D eigenvalue weighted by Gasteiger charge is -2.59. The summed E-state index contributed by atoms with van der Waals surface area (Å²) in [5.74, 6) is 2.49. The Balaban J connectivity index is 0.945. The minimum Gasteiger partial charge on any atom is -0.388 e. The molecule has 3 saturated carbocycles. The Morgan fingerprint density at radius 3 is 2.09 bits per heavy atom. The summed E-state index contributed by atoms with van der Waals surface area (Å²) in [6.07, 6.45) is -10.2. The van der Waals surface area contributed by atoms with E-state index in [4.69, 9.17) is 49.5 Å². The van der Waals surface area contributed by atoms with E-state index in [2.05, 4.69) is 39.1 Å². The first kappa shape index (κ1) is 50.8. The molecule has 5 aliphatic heterocycles. The molecule has 0 aromatic rings. The van der Waals surface area contributed by atoms with Gasteiger partial charge in [0.2, 0.25) is 5.91 Å². The fourth-order valence-corrected chi connectivity index (χ4v) is 14.7. The first-order valence-electron chi connectivity index (χ1n) is 25.3. The Bertz CT molecular complexity index is 1770. The molecule has 5 saturated heterocycles. The lowest BCUT2D eigenvalue weighted by atomic mass is 9.47. The first-order valence-corrected chi connectivity index (χ1v) is 25.9. The van der Waals surface area contributed by atoms with E-state index in [1.165, 1.54) is 19.4 Å². The number of aliphatic hydroxyl groups is 7. The smallest absolute Gasteiger partial charge is 0.220 e. The average molecular weight is 973 g/mol. The van der Waals surface area contributed by atoms with Gasteiger partial charge in [0.1, 0.15) is 61.0 Å². The van der Waals surface area contributed by atoms with Crippen molar-refractivity contribution in [1.29, 1.82) is 0 Å². The molecule has 1 spiro atoms. The normalized spacial score (nSPS) is 54.1. The molecule has 9 aliphatic rings. The Morgan fingerprint density at radius 1 is 0.776 bits per heavy atom. The maximum atomic E-state index is 12.9. The molecule has 8 fully saturated rings. The minimum absolute atomic E-state index is 0.0426. The maximum absolute atomic E-state index is 12.9. The fraction of sp³-hybridized carbons (Fsp3) is 0.939. The van der Waals surface area contributed by atoms with Crippen molar-refractivity contribution in [2.75, 3.05) is 19.0 Å². The summed E-state index contributed by atoms with van der Waals surface area (Å²) in [4.78, 5) is 12.9. The van der Waals surface area contributed by atoms with E-state index < -0.39 is 97.9 Å².